The first-order chi connectivity index (χ1) is 14.1. The smallest absolute Gasteiger partial charge is 0.287 e. The van der Waals surface area contributed by atoms with Crippen LogP contribution in [0.25, 0.3) is 11.0 Å². The van der Waals surface area contributed by atoms with Gasteiger partial charge in [0.25, 0.3) is 5.91 Å². The largest absolute Gasteiger partial charge is 0.494 e. The van der Waals surface area contributed by atoms with Crippen molar-refractivity contribution in [2.24, 2.45) is 0 Å². The lowest BCUT2D eigenvalue weighted by Gasteiger charge is -2.32. The number of amides is 1. The monoisotopic (exact) mass is 428 g/mol. The number of hydrogen-bond acceptors (Lipinski definition) is 4. The van der Waals surface area contributed by atoms with E-state index < -0.39 is 0 Å². The van der Waals surface area contributed by atoms with Crippen molar-refractivity contribution >= 4 is 29.3 Å². The molecule has 1 amide bonds. The highest BCUT2D eigenvalue weighted by Gasteiger charge is 2.24. The van der Waals surface area contributed by atoms with E-state index in [1.54, 1.807) is 0 Å². The topological polar surface area (TPSA) is 54.7 Å². The maximum absolute atomic E-state index is 12.8. The van der Waals surface area contributed by atoms with Crippen molar-refractivity contribution in [3.05, 3.63) is 65.4 Å². The first-order valence-corrected chi connectivity index (χ1v) is 10.4. The fraction of sp³-hybridized carbons (Fsp3) is 0.375. The summed E-state index contributed by atoms with van der Waals surface area (Å²) in [6.07, 6.45) is 1.90. The molecule has 0 unspecified atom stereocenters. The number of carbonyl (C=O) groups is 1. The molecule has 0 bridgehead atoms. The van der Waals surface area contributed by atoms with Crippen LogP contribution in [0.4, 0.5) is 0 Å². The maximum Gasteiger partial charge on any atom is 0.287 e. The Morgan fingerprint density at radius 2 is 1.90 bits per heavy atom. The molecule has 1 aromatic heterocycles. The number of rotatable bonds is 6. The average molecular weight is 429 g/mol. The third-order valence-corrected chi connectivity index (χ3v) is 5.60. The fourth-order valence-corrected chi connectivity index (χ4v) is 4.00. The number of furan rings is 1. The lowest BCUT2D eigenvalue weighted by atomic mass is 10.0. The Balaban J connectivity index is 0.00000256. The van der Waals surface area contributed by atoms with Gasteiger partial charge in [-0.2, -0.15) is 0 Å². The normalized spacial score (nSPS) is 15.0. The molecule has 0 aliphatic carbocycles. The van der Waals surface area contributed by atoms with Gasteiger partial charge in [0.15, 0.2) is 5.76 Å². The number of aryl methyl sites for hydroxylation is 1. The van der Waals surface area contributed by atoms with Crippen LogP contribution in [0.5, 0.6) is 5.75 Å². The van der Waals surface area contributed by atoms with E-state index >= 15 is 0 Å². The highest BCUT2D eigenvalue weighted by molar-refractivity contribution is 5.99. The first kappa shape index (κ1) is 22.2. The Labute approximate surface area is 183 Å². The number of halogens is 1. The number of likely N-dealkylation sites (tertiary alicyclic amines) is 1. The molecule has 160 valence electrons. The number of piperidine rings is 1. The Hall–Kier alpha value is -2.50. The second-order valence-corrected chi connectivity index (χ2v) is 7.66. The Kier molecular flexibility index (Phi) is 7.40. The second kappa shape index (κ2) is 10.0. The van der Waals surface area contributed by atoms with Gasteiger partial charge in [-0.25, -0.2) is 0 Å². The standard InChI is InChI=1S/C24H28N2O3.ClH/c1-3-28-20-9-10-22-21(15-20)17(2)23(29-22)24(27)25-19-11-13-26(14-12-19)16-18-7-5-4-6-8-18;/h4-10,15,19H,3,11-14,16H2,1-2H3,(H,25,27);1H. The predicted octanol–water partition coefficient (Wildman–Crippen LogP) is 4.96. The minimum Gasteiger partial charge on any atom is -0.494 e. The van der Waals surface area contributed by atoms with Gasteiger partial charge in [0, 0.05) is 36.6 Å². The highest BCUT2D eigenvalue weighted by atomic mass is 35.5. The summed E-state index contributed by atoms with van der Waals surface area (Å²) >= 11 is 0. The molecule has 5 nitrogen and oxygen atoms in total. The van der Waals surface area contributed by atoms with Gasteiger partial charge in [0.2, 0.25) is 0 Å². The predicted molar refractivity (Wildman–Crippen MR) is 122 cm³/mol. The van der Waals surface area contributed by atoms with Gasteiger partial charge >= 0.3 is 0 Å². The van der Waals surface area contributed by atoms with Gasteiger partial charge in [0.05, 0.1) is 6.61 Å². The molecule has 3 aromatic rings. The molecule has 4 rings (SSSR count). The van der Waals surface area contributed by atoms with Crippen molar-refractivity contribution in [1.29, 1.82) is 0 Å². The third-order valence-electron chi connectivity index (χ3n) is 5.60. The summed E-state index contributed by atoms with van der Waals surface area (Å²) in [6.45, 7) is 7.42. The average Bonchev–Trinajstić information content (AvgIpc) is 3.07. The van der Waals surface area contributed by atoms with Crippen LogP contribution in [-0.4, -0.2) is 36.5 Å². The molecule has 2 aromatic carbocycles. The zero-order chi connectivity index (χ0) is 20.2. The summed E-state index contributed by atoms with van der Waals surface area (Å²) in [5.74, 6) is 1.07. The van der Waals surface area contributed by atoms with Crippen molar-refractivity contribution in [3.63, 3.8) is 0 Å². The van der Waals surface area contributed by atoms with Crippen LogP contribution in [0.15, 0.2) is 52.9 Å². The molecule has 1 N–H and O–H groups in total. The second-order valence-electron chi connectivity index (χ2n) is 7.66. The van der Waals surface area contributed by atoms with Crippen LogP contribution in [-0.2, 0) is 6.54 Å². The summed E-state index contributed by atoms with van der Waals surface area (Å²) in [5.41, 5.74) is 2.91. The molecule has 1 aliphatic rings. The summed E-state index contributed by atoms with van der Waals surface area (Å²) < 4.78 is 11.4. The fourth-order valence-electron chi connectivity index (χ4n) is 4.00. The van der Waals surface area contributed by atoms with Crippen LogP contribution in [0.2, 0.25) is 0 Å². The van der Waals surface area contributed by atoms with Crippen LogP contribution >= 0.6 is 12.4 Å². The molecule has 1 saturated heterocycles. The van der Waals surface area contributed by atoms with Crippen LogP contribution in [0, 0.1) is 6.92 Å². The Morgan fingerprint density at radius 3 is 2.60 bits per heavy atom. The number of nitrogens with zero attached hydrogens (tertiary/aromatic N) is 1. The lowest BCUT2D eigenvalue weighted by Crippen LogP contribution is -2.44. The number of carbonyl (C=O) groups excluding carboxylic acids is 1. The summed E-state index contributed by atoms with van der Waals surface area (Å²) in [6, 6.07) is 16.4. The lowest BCUT2D eigenvalue weighted by molar-refractivity contribution is 0.0882. The van der Waals surface area contributed by atoms with Crippen molar-refractivity contribution in [2.75, 3.05) is 19.7 Å². The zero-order valence-corrected chi connectivity index (χ0v) is 18.3. The van der Waals surface area contributed by atoms with E-state index in [1.807, 2.05) is 38.1 Å². The molecule has 0 radical (unpaired) electrons. The van der Waals surface area contributed by atoms with Gasteiger partial charge in [-0.3, -0.25) is 9.69 Å². The number of benzene rings is 2. The van der Waals surface area contributed by atoms with Gasteiger partial charge in [0.1, 0.15) is 11.3 Å². The van der Waals surface area contributed by atoms with E-state index in [-0.39, 0.29) is 24.4 Å². The van der Waals surface area contributed by atoms with E-state index in [9.17, 15) is 4.79 Å². The molecule has 0 spiro atoms. The van der Waals surface area contributed by atoms with Crippen molar-refractivity contribution in [2.45, 2.75) is 39.3 Å². The minimum absolute atomic E-state index is 0. The first-order valence-electron chi connectivity index (χ1n) is 10.4. The van der Waals surface area contributed by atoms with Crippen molar-refractivity contribution in [3.8, 4) is 5.75 Å². The van der Waals surface area contributed by atoms with E-state index in [2.05, 4.69) is 34.5 Å². The van der Waals surface area contributed by atoms with Gasteiger partial charge in [-0.15, -0.1) is 12.4 Å². The number of fused-ring (bicyclic) bond motifs is 1. The summed E-state index contributed by atoms with van der Waals surface area (Å²) in [4.78, 5) is 15.3. The zero-order valence-electron chi connectivity index (χ0n) is 17.5. The van der Waals surface area contributed by atoms with Crippen molar-refractivity contribution < 1.29 is 13.9 Å². The minimum atomic E-state index is -0.127. The van der Waals surface area contributed by atoms with Crippen molar-refractivity contribution in [1.82, 2.24) is 10.2 Å². The molecule has 6 heteroatoms. The summed E-state index contributed by atoms with van der Waals surface area (Å²) in [7, 11) is 0. The molecule has 1 fully saturated rings. The Bertz CT molecular complexity index is 979. The SMILES string of the molecule is CCOc1ccc2oc(C(=O)NC3CCN(Cc4ccccc4)CC3)c(C)c2c1.Cl. The number of hydrogen-bond donors (Lipinski definition) is 1. The molecule has 1 aliphatic heterocycles. The molecule has 2 heterocycles. The molecular weight excluding hydrogens is 400 g/mol. The quantitative estimate of drug-likeness (QED) is 0.603. The van der Waals surface area contributed by atoms with Crippen LogP contribution in [0.1, 0.15) is 41.4 Å². The van der Waals surface area contributed by atoms with Crippen LogP contribution in [0.3, 0.4) is 0 Å². The molecular formula is C24H29ClN2O3. The Morgan fingerprint density at radius 1 is 1.17 bits per heavy atom. The van der Waals surface area contributed by atoms with E-state index in [0.717, 1.165) is 49.2 Å². The highest BCUT2D eigenvalue weighted by Crippen LogP contribution is 2.29. The molecule has 30 heavy (non-hydrogen) atoms. The maximum atomic E-state index is 12.8. The van der Waals surface area contributed by atoms with Gasteiger partial charge < -0.3 is 14.5 Å². The van der Waals surface area contributed by atoms with E-state index in [0.29, 0.717) is 18.0 Å². The van der Waals surface area contributed by atoms with Gasteiger partial charge in [-0.1, -0.05) is 30.3 Å². The summed E-state index contributed by atoms with van der Waals surface area (Å²) in [5, 5.41) is 4.10. The van der Waals surface area contributed by atoms with E-state index in [1.165, 1.54) is 5.56 Å². The van der Waals surface area contributed by atoms with E-state index in [4.69, 9.17) is 9.15 Å². The van der Waals surface area contributed by atoms with Gasteiger partial charge in [-0.05, 0) is 50.5 Å². The number of ether oxygens (including phenoxy) is 1. The molecule has 0 atom stereocenters. The molecule has 0 saturated carbocycles. The number of nitrogens with one attached hydrogen (secondary N) is 1. The van der Waals surface area contributed by atoms with Crippen LogP contribution < -0.4 is 10.1 Å². The third kappa shape index (κ3) is 4.97.